The smallest absolute Gasteiger partial charge is 0.131 e. The van der Waals surface area contributed by atoms with Crippen molar-refractivity contribution in [2.24, 2.45) is 0 Å². The summed E-state index contributed by atoms with van der Waals surface area (Å²) in [6, 6.07) is 3.05. The zero-order chi connectivity index (χ0) is 13.0. The van der Waals surface area contributed by atoms with Crippen LogP contribution in [-0.2, 0) is 0 Å². The molecule has 0 aliphatic carbocycles. The number of aliphatic hydroxyl groups excluding tert-OH is 1. The molecule has 1 atom stereocenters. The number of hydrogen-bond donors (Lipinski definition) is 2. The normalized spacial score (nSPS) is 12.6. The highest BCUT2D eigenvalue weighted by Crippen LogP contribution is 2.18. The third-order valence-corrected chi connectivity index (χ3v) is 2.48. The van der Waals surface area contributed by atoms with Crippen LogP contribution < -0.4 is 0 Å². The van der Waals surface area contributed by atoms with E-state index in [0.717, 1.165) is 18.5 Å². The van der Waals surface area contributed by atoms with E-state index in [9.17, 15) is 13.9 Å². The van der Waals surface area contributed by atoms with Crippen LogP contribution in [0.2, 0.25) is 0 Å². The summed E-state index contributed by atoms with van der Waals surface area (Å²) in [5, 5.41) is 19.8. The standard InChI is InChI=1S/C11H15F2N3O/c1-15(16(2)7-14)6-11(17)9-4-3-8(12)5-10(9)13/h3-5,7,11,14,17H,6H2,1-2H3/t11-/m1/s1. The van der Waals surface area contributed by atoms with Crippen LogP contribution in [0, 0.1) is 17.0 Å². The number of rotatable bonds is 5. The Labute approximate surface area is 98.6 Å². The molecule has 0 saturated heterocycles. The van der Waals surface area contributed by atoms with Crippen molar-refractivity contribution >= 4 is 6.34 Å². The van der Waals surface area contributed by atoms with E-state index in [1.165, 1.54) is 11.1 Å². The molecular formula is C11H15F2N3O. The predicted octanol–water partition coefficient (Wildman–Crippen LogP) is 1.38. The van der Waals surface area contributed by atoms with Crippen molar-refractivity contribution in [3.05, 3.63) is 35.4 Å². The summed E-state index contributed by atoms with van der Waals surface area (Å²) < 4.78 is 26.0. The van der Waals surface area contributed by atoms with Crippen LogP contribution in [0.4, 0.5) is 8.78 Å². The van der Waals surface area contributed by atoms with Crippen molar-refractivity contribution in [1.82, 2.24) is 10.0 Å². The van der Waals surface area contributed by atoms with Gasteiger partial charge in [0.2, 0.25) is 0 Å². The van der Waals surface area contributed by atoms with Gasteiger partial charge in [0.15, 0.2) is 0 Å². The monoisotopic (exact) mass is 243 g/mol. The van der Waals surface area contributed by atoms with Crippen molar-refractivity contribution in [1.29, 1.82) is 5.41 Å². The molecule has 6 heteroatoms. The van der Waals surface area contributed by atoms with E-state index in [-0.39, 0.29) is 12.1 Å². The number of halogens is 2. The quantitative estimate of drug-likeness (QED) is 0.466. The highest BCUT2D eigenvalue weighted by Gasteiger charge is 2.16. The second-order valence-corrected chi connectivity index (χ2v) is 3.72. The first-order valence-electron chi connectivity index (χ1n) is 5.03. The third-order valence-electron chi connectivity index (χ3n) is 2.48. The van der Waals surface area contributed by atoms with Gasteiger partial charge in [-0.15, -0.1) is 0 Å². The lowest BCUT2D eigenvalue weighted by Gasteiger charge is -2.27. The highest BCUT2D eigenvalue weighted by atomic mass is 19.1. The summed E-state index contributed by atoms with van der Waals surface area (Å²) >= 11 is 0. The molecule has 0 radical (unpaired) electrons. The molecule has 1 aromatic rings. The first-order chi connectivity index (χ1) is 7.95. The summed E-state index contributed by atoms with van der Waals surface area (Å²) in [5.41, 5.74) is 0.0385. The average Bonchev–Trinajstić information content (AvgIpc) is 2.27. The maximum Gasteiger partial charge on any atom is 0.131 e. The number of nitrogens with one attached hydrogen (secondary N) is 1. The number of hydrogen-bond acceptors (Lipinski definition) is 3. The molecule has 1 rings (SSSR count). The van der Waals surface area contributed by atoms with E-state index in [0.29, 0.717) is 0 Å². The summed E-state index contributed by atoms with van der Waals surface area (Å²) in [5.74, 6) is -1.45. The van der Waals surface area contributed by atoms with Gasteiger partial charge in [0, 0.05) is 32.3 Å². The fourth-order valence-electron chi connectivity index (χ4n) is 1.35. The number of likely N-dealkylation sites (N-methyl/N-ethyl adjacent to an activating group) is 1. The Morgan fingerprint density at radius 2 is 2.06 bits per heavy atom. The van der Waals surface area contributed by atoms with Crippen molar-refractivity contribution in [2.45, 2.75) is 6.10 Å². The second kappa shape index (κ2) is 5.70. The Morgan fingerprint density at radius 1 is 1.41 bits per heavy atom. The predicted molar refractivity (Wildman–Crippen MR) is 60.5 cm³/mol. The molecule has 0 fully saturated rings. The molecule has 0 saturated carbocycles. The van der Waals surface area contributed by atoms with Crippen LogP contribution in [0.3, 0.4) is 0 Å². The maximum absolute atomic E-state index is 13.4. The fraction of sp³-hybridized carbons (Fsp3) is 0.364. The third kappa shape index (κ3) is 3.47. The summed E-state index contributed by atoms with van der Waals surface area (Å²) in [6.45, 7) is 0.106. The first kappa shape index (κ1) is 13.5. The van der Waals surface area contributed by atoms with Crippen molar-refractivity contribution < 1.29 is 13.9 Å². The Hall–Kier alpha value is -1.53. The van der Waals surface area contributed by atoms with Crippen LogP contribution in [0.5, 0.6) is 0 Å². The molecule has 1 aromatic carbocycles. The summed E-state index contributed by atoms with van der Waals surface area (Å²) in [7, 11) is 3.27. The molecule has 94 valence electrons. The molecule has 0 bridgehead atoms. The lowest BCUT2D eigenvalue weighted by Crippen LogP contribution is -2.38. The van der Waals surface area contributed by atoms with Crippen LogP contribution in [0.1, 0.15) is 11.7 Å². The Kier molecular flexibility index (Phi) is 4.53. The van der Waals surface area contributed by atoms with Crippen molar-refractivity contribution in [3.63, 3.8) is 0 Å². The number of hydrazine groups is 1. The second-order valence-electron chi connectivity index (χ2n) is 3.72. The van der Waals surface area contributed by atoms with Gasteiger partial charge in [0.05, 0.1) is 12.4 Å². The SMILES string of the molecule is CN(C=N)N(C)C[C@@H](O)c1ccc(F)cc1F. The Morgan fingerprint density at radius 3 is 2.59 bits per heavy atom. The molecule has 0 aromatic heterocycles. The topological polar surface area (TPSA) is 50.6 Å². The molecule has 0 unspecified atom stereocenters. The molecular weight excluding hydrogens is 228 g/mol. The molecule has 2 N–H and O–H groups in total. The molecule has 0 amide bonds. The average molecular weight is 243 g/mol. The van der Waals surface area contributed by atoms with E-state index in [1.54, 1.807) is 19.1 Å². The lowest BCUT2D eigenvalue weighted by atomic mass is 10.1. The van der Waals surface area contributed by atoms with Gasteiger partial charge in [-0.05, 0) is 6.07 Å². The van der Waals surface area contributed by atoms with Gasteiger partial charge in [-0.25, -0.2) is 13.8 Å². The fourth-order valence-corrected chi connectivity index (χ4v) is 1.35. The minimum absolute atomic E-state index is 0.0385. The summed E-state index contributed by atoms with van der Waals surface area (Å²) in [6.07, 6.45) is -0.0173. The van der Waals surface area contributed by atoms with Crippen molar-refractivity contribution in [2.75, 3.05) is 20.6 Å². The van der Waals surface area contributed by atoms with E-state index < -0.39 is 17.7 Å². The summed E-state index contributed by atoms with van der Waals surface area (Å²) in [4.78, 5) is 0. The first-order valence-corrected chi connectivity index (χ1v) is 5.03. The zero-order valence-corrected chi connectivity index (χ0v) is 9.69. The highest BCUT2D eigenvalue weighted by molar-refractivity contribution is 5.48. The Balaban J connectivity index is 2.76. The van der Waals surface area contributed by atoms with Gasteiger partial charge < -0.3 is 5.11 Å². The van der Waals surface area contributed by atoms with Gasteiger partial charge in [-0.2, -0.15) is 0 Å². The van der Waals surface area contributed by atoms with Crippen LogP contribution in [0.15, 0.2) is 18.2 Å². The maximum atomic E-state index is 13.4. The van der Waals surface area contributed by atoms with Gasteiger partial charge in [-0.3, -0.25) is 10.4 Å². The van der Waals surface area contributed by atoms with Crippen molar-refractivity contribution in [3.8, 4) is 0 Å². The molecule has 17 heavy (non-hydrogen) atoms. The minimum atomic E-state index is -1.08. The van der Waals surface area contributed by atoms with Gasteiger partial charge in [-0.1, -0.05) is 6.07 Å². The van der Waals surface area contributed by atoms with Gasteiger partial charge in [0.1, 0.15) is 11.6 Å². The minimum Gasteiger partial charge on any atom is -0.387 e. The number of aliphatic hydroxyl groups is 1. The van der Waals surface area contributed by atoms with Crippen LogP contribution >= 0.6 is 0 Å². The van der Waals surface area contributed by atoms with Gasteiger partial charge >= 0.3 is 0 Å². The molecule has 0 spiro atoms. The van der Waals surface area contributed by atoms with E-state index >= 15 is 0 Å². The van der Waals surface area contributed by atoms with Crippen LogP contribution in [-0.4, -0.2) is 42.1 Å². The van der Waals surface area contributed by atoms with E-state index in [4.69, 9.17) is 5.41 Å². The number of nitrogens with zero attached hydrogens (tertiary/aromatic N) is 2. The Bertz CT molecular complexity index is 400. The zero-order valence-electron chi connectivity index (χ0n) is 9.69. The van der Waals surface area contributed by atoms with E-state index in [1.807, 2.05) is 0 Å². The van der Waals surface area contributed by atoms with Crippen LogP contribution in [0.25, 0.3) is 0 Å². The van der Waals surface area contributed by atoms with Gasteiger partial charge in [0.25, 0.3) is 0 Å². The molecule has 0 heterocycles. The lowest BCUT2D eigenvalue weighted by molar-refractivity contribution is 0.0397. The number of benzene rings is 1. The molecule has 4 nitrogen and oxygen atoms in total. The van der Waals surface area contributed by atoms with E-state index in [2.05, 4.69) is 0 Å². The molecule has 0 aliphatic heterocycles. The largest absolute Gasteiger partial charge is 0.387 e. The molecule has 0 aliphatic rings.